The van der Waals surface area contributed by atoms with Gasteiger partial charge in [-0.1, -0.05) is 36.4 Å². The van der Waals surface area contributed by atoms with Gasteiger partial charge in [-0.25, -0.2) is 9.78 Å². The number of nitrogens with two attached hydrogens (primary N) is 1. The first kappa shape index (κ1) is 26.5. The van der Waals surface area contributed by atoms with Crippen LogP contribution in [0.1, 0.15) is 22.1 Å². The first-order valence-corrected chi connectivity index (χ1v) is 14.3. The molecule has 0 fully saturated rings. The highest BCUT2D eigenvalue weighted by Crippen LogP contribution is 2.45. The van der Waals surface area contributed by atoms with Gasteiger partial charge in [0.2, 0.25) is 0 Å². The van der Waals surface area contributed by atoms with Crippen molar-refractivity contribution in [1.82, 2.24) is 9.55 Å². The number of aromatic nitrogens is 2. The highest BCUT2D eigenvalue weighted by molar-refractivity contribution is 7.19. The van der Waals surface area contributed by atoms with Gasteiger partial charge in [-0.2, -0.15) is 0 Å². The monoisotopic (exact) mass is 583 g/mol. The van der Waals surface area contributed by atoms with Crippen LogP contribution in [0.25, 0.3) is 33.3 Å². The van der Waals surface area contributed by atoms with E-state index in [1.165, 1.54) is 34.4 Å². The van der Waals surface area contributed by atoms with E-state index in [2.05, 4.69) is 0 Å². The molecular weight excluding hydrogens is 558 g/mol. The Labute approximate surface area is 242 Å². The number of allylic oxidation sites excluding steroid dienone is 1. The van der Waals surface area contributed by atoms with Crippen molar-refractivity contribution in [3.63, 3.8) is 0 Å². The fourth-order valence-electron chi connectivity index (χ4n) is 4.99. The normalized spacial score (nSPS) is 15.2. The summed E-state index contributed by atoms with van der Waals surface area (Å²) < 4.78 is 19.3. The topological polar surface area (TPSA) is 106 Å². The third kappa shape index (κ3) is 4.60. The van der Waals surface area contributed by atoms with Crippen molar-refractivity contribution in [1.29, 1.82) is 0 Å². The molecule has 3 aromatic carbocycles. The summed E-state index contributed by atoms with van der Waals surface area (Å²) in [6.45, 7) is 0. The molecule has 10 heteroatoms. The van der Waals surface area contributed by atoms with Gasteiger partial charge in [0.05, 0.1) is 47.6 Å². The van der Waals surface area contributed by atoms with Crippen molar-refractivity contribution in [3.05, 3.63) is 108 Å². The van der Waals surface area contributed by atoms with Crippen LogP contribution in [0.3, 0.4) is 0 Å². The molecule has 2 aromatic heterocycles. The molecule has 0 amide bonds. The molecule has 3 heterocycles. The lowest BCUT2D eigenvalue weighted by Crippen LogP contribution is -2.39. The summed E-state index contributed by atoms with van der Waals surface area (Å²) in [6, 6.07) is 22.6. The van der Waals surface area contributed by atoms with E-state index in [9.17, 15) is 9.59 Å². The SMILES string of the molecule is COC(=O)C1=c2s/c(=C\c3cccc(OC)c3)c(=O)n2C(N)=C(c2nc3ccccc3s2)[C@@H]1c1cccc(OC)c1. The first-order chi connectivity index (χ1) is 19.9. The molecule has 0 aliphatic carbocycles. The number of para-hydroxylation sites is 1. The number of hydrogen-bond donors (Lipinski definition) is 1. The standard InChI is InChI=1S/C31H25N3O5S2/c1-37-19-10-6-8-17(14-19)15-23-29(35)34-27(32)25(28-33-21-12-4-5-13-22(21)40-28)24(18-9-7-11-20(16-18)38-2)26(30(34)41-23)31(36)39-3/h4-16,24H,32H2,1-3H3/b23-15-/t24-/m0/s1. The summed E-state index contributed by atoms with van der Waals surface area (Å²) in [6.07, 6.45) is 1.76. The minimum atomic E-state index is -0.666. The average molecular weight is 584 g/mol. The largest absolute Gasteiger partial charge is 0.497 e. The molecule has 206 valence electrons. The van der Waals surface area contributed by atoms with Crippen LogP contribution in [-0.2, 0) is 9.53 Å². The Morgan fingerprint density at radius 1 is 0.951 bits per heavy atom. The maximum Gasteiger partial charge on any atom is 0.337 e. The zero-order valence-corrected chi connectivity index (χ0v) is 24.0. The van der Waals surface area contributed by atoms with Crippen molar-refractivity contribution in [2.75, 3.05) is 21.3 Å². The van der Waals surface area contributed by atoms with Crippen molar-refractivity contribution >= 4 is 61.9 Å². The third-order valence-corrected chi connectivity index (χ3v) is 9.07. The summed E-state index contributed by atoms with van der Waals surface area (Å²) in [5, 5.41) is 0.611. The van der Waals surface area contributed by atoms with E-state index in [0.29, 0.717) is 36.8 Å². The number of carbonyl (C=O) groups is 1. The Bertz CT molecular complexity index is 2000. The summed E-state index contributed by atoms with van der Waals surface area (Å²) in [7, 11) is 4.50. The fraction of sp³-hybridized carbons (Fsp3) is 0.129. The number of carbonyl (C=O) groups excluding carboxylic acids is 1. The maximum atomic E-state index is 13.9. The van der Waals surface area contributed by atoms with Gasteiger partial charge in [0.25, 0.3) is 5.56 Å². The smallest absolute Gasteiger partial charge is 0.337 e. The number of hydrogen-bond acceptors (Lipinski definition) is 9. The number of methoxy groups -OCH3 is 3. The van der Waals surface area contributed by atoms with Crippen LogP contribution in [0.4, 0.5) is 0 Å². The minimum absolute atomic E-state index is 0.214. The van der Waals surface area contributed by atoms with Crippen LogP contribution in [0.2, 0.25) is 0 Å². The number of thiazole rings is 2. The fourth-order valence-corrected chi connectivity index (χ4v) is 7.21. The van der Waals surface area contributed by atoms with Crippen molar-refractivity contribution < 1.29 is 19.0 Å². The highest BCUT2D eigenvalue weighted by Gasteiger charge is 2.38. The summed E-state index contributed by atoms with van der Waals surface area (Å²) in [5.74, 6) is 0.270. The predicted molar refractivity (Wildman–Crippen MR) is 162 cm³/mol. The van der Waals surface area contributed by atoms with Gasteiger partial charge in [0.1, 0.15) is 27.0 Å². The average Bonchev–Trinajstić information content (AvgIpc) is 3.57. The zero-order chi connectivity index (χ0) is 28.7. The number of benzene rings is 3. The number of esters is 1. The van der Waals surface area contributed by atoms with Gasteiger partial charge in [0, 0.05) is 5.57 Å². The Balaban J connectivity index is 1.71. The van der Waals surface area contributed by atoms with E-state index in [4.69, 9.17) is 24.9 Å². The lowest BCUT2D eigenvalue weighted by atomic mass is 9.83. The minimum Gasteiger partial charge on any atom is -0.497 e. The molecule has 41 heavy (non-hydrogen) atoms. The third-order valence-electron chi connectivity index (χ3n) is 6.90. The van der Waals surface area contributed by atoms with Crippen molar-refractivity contribution in [2.45, 2.75) is 5.92 Å². The molecule has 6 rings (SSSR count). The number of fused-ring (bicyclic) bond motifs is 2. The Kier molecular flexibility index (Phi) is 6.94. The number of rotatable bonds is 6. The van der Waals surface area contributed by atoms with Crippen LogP contribution in [0.15, 0.2) is 77.6 Å². The first-order valence-electron chi connectivity index (χ1n) is 12.6. The van der Waals surface area contributed by atoms with E-state index in [0.717, 1.165) is 21.3 Å². The van der Waals surface area contributed by atoms with Gasteiger partial charge < -0.3 is 19.9 Å². The van der Waals surface area contributed by atoms with Crippen LogP contribution in [0, 0.1) is 0 Å². The molecule has 0 saturated carbocycles. The second kappa shape index (κ2) is 10.7. The highest BCUT2D eigenvalue weighted by atomic mass is 32.1. The van der Waals surface area contributed by atoms with Gasteiger partial charge in [-0.15, -0.1) is 22.7 Å². The molecule has 2 N–H and O–H groups in total. The van der Waals surface area contributed by atoms with Gasteiger partial charge in [-0.3, -0.25) is 9.36 Å². The van der Waals surface area contributed by atoms with Crippen LogP contribution in [0.5, 0.6) is 11.5 Å². The number of nitrogens with zero attached hydrogens (tertiary/aromatic N) is 2. The quantitative estimate of drug-likeness (QED) is 0.304. The van der Waals surface area contributed by atoms with Crippen molar-refractivity contribution in [3.8, 4) is 11.5 Å². The molecule has 0 radical (unpaired) electrons. The Morgan fingerprint density at radius 3 is 2.41 bits per heavy atom. The number of ether oxygens (including phenoxy) is 3. The summed E-state index contributed by atoms with van der Waals surface area (Å²) in [5.41, 5.74) is 9.74. The van der Waals surface area contributed by atoms with E-state index >= 15 is 0 Å². The van der Waals surface area contributed by atoms with E-state index in [1.54, 1.807) is 20.3 Å². The van der Waals surface area contributed by atoms with E-state index in [1.807, 2.05) is 72.8 Å². The van der Waals surface area contributed by atoms with Gasteiger partial charge >= 0.3 is 5.97 Å². The summed E-state index contributed by atoms with van der Waals surface area (Å²) in [4.78, 5) is 32.4. The van der Waals surface area contributed by atoms with Crippen LogP contribution >= 0.6 is 22.7 Å². The molecule has 8 nitrogen and oxygen atoms in total. The van der Waals surface area contributed by atoms with E-state index in [-0.39, 0.29) is 11.4 Å². The van der Waals surface area contributed by atoms with Crippen molar-refractivity contribution in [2.24, 2.45) is 5.73 Å². The second-order valence-corrected chi connectivity index (χ2v) is 11.3. The summed E-state index contributed by atoms with van der Waals surface area (Å²) >= 11 is 2.64. The Morgan fingerprint density at radius 2 is 1.68 bits per heavy atom. The molecule has 0 spiro atoms. The lowest BCUT2D eigenvalue weighted by molar-refractivity contribution is -0.134. The molecule has 0 bridgehead atoms. The Hall–Kier alpha value is -4.67. The molecule has 1 aliphatic heterocycles. The van der Waals surface area contributed by atoms with Crippen LogP contribution < -0.4 is 30.0 Å². The second-order valence-electron chi connectivity index (χ2n) is 9.23. The maximum absolute atomic E-state index is 13.9. The van der Waals surface area contributed by atoms with Gasteiger partial charge in [0.15, 0.2) is 0 Å². The molecule has 5 aromatic rings. The molecular formula is C31H25N3O5S2. The molecule has 1 aliphatic rings. The predicted octanol–water partition coefficient (Wildman–Crippen LogP) is 3.77. The van der Waals surface area contributed by atoms with E-state index < -0.39 is 11.9 Å². The van der Waals surface area contributed by atoms with Crippen LogP contribution in [-0.4, -0.2) is 36.8 Å². The molecule has 1 atom stereocenters. The molecule has 0 saturated heterocycles. The lowest BCUT2D eigenvalue weighted by Gasteiger charge is -2.27. The molecule has 0 unspecified atom stereocenters. The zero-order valence-electron chi connectivity index (χ0n) is 22.4. The van der Waals surface area contributed by atoms with Gasteiger partial charge in [-0.05, 0) is 53.6 Å².